The van der Waals surface area contributed by atoms with Crippen molar-refractivity contribution in [1.82, 2.24) is 14.7 Å². The predicted molar refractivity (Wildman–Crippen MR) is 96.6 cm³/mol. The zero-order chi connectivity index (χ0) is 18.4. The number of nitrogens with zero attached hydrogens (tertiary/aromatic N) is 3. The molecule has 6 heteroatoms. The second-order valence-electron chi connectivity index (χ2n) is 7.30. The summed E-state index contributed by atoms with van der Waals surface area (Å²) in [5.74, 6) is -1.46. The smallest absolute Gasteiger partial charge is 0.308 e. The van der Waals surface area contributed by atoms with Gasteiger partial charge in [0.25, 0.3) is 5.91 Å². The number of amides is 1. The van der Waals surface area contributed by atoms with Crippen molar-refractivity contribution in [2.75, 3.05) is 6.54 Å². The number of likely N-dealkylation sites (tertiary alicyclic amines) is 1. The Morgan fingerprint density at radius 3 is 2.69 bits per heavy atom. The maximum Gasteiger partial charge on any atom is 0.308 e. The van der Waals surface area contributed by atoms with E-state index in [9.17, 15) is 14.7 Å². The van der Waals surface area contributed by atoms with Gasteiger partial charge in [0.15, 0.2) is 5.69 Å². The molecule has 0 radical (unpaired) electrons. The third kappa shape index (κ3) is 2.52. The van der Waals surface area contributed by atoms with E-state index in [1.54, 1.807) is 4.90 Å². The first-order valence-corrected chi connectivity index (χ1v) is 9.19. The molecule has 0 bridgehead atoms. The lowest BCUT2D eigenvalue weighted by molar-refractivity contribution is -0.142. The average Bonchev–Trinajstić information content (AvgIpc) is 3.29. The highest BCUT2D eigenvalue weighted by molar-refractivity contribution is 5.95. The SMILES string of the molecule is Cc1ccccc1-n1nc(C(=O)N2CCC(C(=O)O)C2C)c2c1CCC2. The second kappa shape index (κ2) is 6.27. The van der Waals surface area contributed by atoms with E-state index in [4.69, 9.17) is 0 Å². The Bertz CT molecular complexity index is 886. The maximum absolute atomic E-state index is 13.2. The van der Waals surface area contributed by atoms with Crippen molar-refractivity contribution < 1.29 is 14.7 Å². The molecule has 1 aromatic heterocycles. The van der Waals surface area contributed by atoms with E-state index in [-0.39, 0.29) is 11.9 Å². The molecule has 1 fully saturated rings. The van der Waals surface area contributed by atoms with Crippen LogP contribution >= 0.6 is 0 Å². The van der Waals surface area contributed by atoms with Crippen LogP contribution in [-0.2, 0) is 17.6 Å². The predicted octanol–water partition coefficient (Wildman–Crippen LogP) is 2.60. The van der Waals surface area contributed by atoms with Crippen molar-refractivity contribution in [2.45, 2.75) is 45.6 Å². The molecule has 1 amide bonds. The fourth-order valence-corrected chi connectivity index (χ4v) is 4.30. The lowest BCUT2D eigenvalue weighted by Crippen LogP contribution is -2.38. The number of hydrogen-bond acceptors (Lipinski definition) is 3. The molecule has 26 heavy (non-hydrogen) atoms. The standard InChI is InChI=1S/C20H23N3O3/c1-12-6-3-4-8-16(12)23-17-9-5-7-15(17)18(21-23)19(24)22-11-10-14(13(22)2)20(25)26/h3-4,6,8,13-14H,5,7,9-11H2,1-2H3,(H,25,26). The lowest BCUT2D eigenvalue weighted by Gasteiger charge is -2.22. The van der Waals surface area contributed by atoms with E-state index in [1.165, 1.54) is 0 Å². The summed E-state index contributed by atoms with van der Waals surface area (Å²) in [5, 5.41) is 14.0. The first-order valence-electron chi connectivity index (χ1n) is 9.19. The van der Waals surface area contributed by atoms with Crippen LogP contribution in [0.25, 0.3) is 5.69 Å². The number of aryl methyl sites for hydroxylation is 1. The van der Waals surface area contributed by atoms with Crippen molar-refractivity contribution in [3.63, 3.8) is 0 Å². The Labute approximate surface area is 152 Å². The molecule has 1 saturated heterocycles. The molecule has 2 aromatic rings. The van der Waals surface area contributed by atoms with Crippen LogP contribution in [0.2, 0.25) is 0 Å². The number of fused-ring (bicyclic) bond motifs is 1. The van der Waals surface area contributed by atoms with E-state index in [0.717, 1.165) is 41.8 Å². The van der Waals surface area contributed by atoms with E-state index in [0.29, 0.717) is 18.7 Å². The van der Waals surface area contributed by atoms with Crippen LogP contribution in [0.1, 0.15) is 47.1 Å². The molecule has 4 rings (SSSR count). The minimum atomic E-state index is -0.830. The minimum Gasteiger partial charge on any atom is -0.481 e. The molecule has 2 heterocycles. The second-order valence-corrected chi connectivity index (χ2v) is 7.30. The zero-order valence-electron chi connectivity index (χ0n) is 15.1. The molecule has 6 nitrogen and oxygen atoms in total. The molecule has 1 aliphatic carbocycles. The quantitative estimate of drug-likeness (QED) is 0.920. The highest BCUT2D eigenvalue weighted by Crippen LogP contribution is 2.32. The Balaban J connectivity index is 1.72. The third-order valence-corrected chi connectivity index (χ3v) is 5.81. The minimum absolute atomic E-state index is 0.133. The molecule has 2 unspecified atom stereocenters. The van der Waals surface area contributed by atoms with Gasteiger partial charge in [0.1, 0.15) is 0 Å². The number of carbonyl (C=O) groups excluding carboxylic acids is 1. The summed E-state index contributed by atoms with van der Waals surface area (Å²) in [4.78, 5) is 26.2. The first-order chi connectivity index (χ1) is 12.5. The van der Waals surface area contributed by atoms with Crippen LogP contribution in [0.4, 0.5) is 0 Å². The van der Waals surface area contributed by atoms with Crippen LogP contribution < -0.4 is 0 Å². The summed E-state index contributed by atoms with van der Waals surface area (Å²) in [7, 11) is 0. The average molecular weight is 353 g/mol. The molecule has 1 aliphatic heterocycles. The van der Waals surface area contributed by atoms with E-state index >= 15 is 0 Å². The highest BCUT2D eigenvalue weighted by atomic mass is 16.4. The van der Waals surface area contributed by atoms with Crippen LogP contribution in [0.3, 0.4) is 0 Å². The van der Waals surface area contributed by atoms with Gasteiger partial charge < -0.3 is 10.0 Å². The fraction of sp³-hybridized carbons (Fsp3) is 0.450. The van der Waals surface area contributed by atoms with Gasteiger partial charge in [-0.15, -0.1) is 0 Å². The van der Waals surface area contributed by atoms with Gasteiger partial charge in [0.2, 0.25) is 0 Å². The molecule has 2 aliphatic rings. The Morgan fingerprint density at radius 2 is 2.00 bits per heavy atom. The highest BCUT2D eigenvalue weighted by Gasteiger charge is 2.40. The molecule has 2 atom stereocenters. The van der Waals surface area contributed by atoms with Crippen molar-refractivity contribution >= 4 is 11.9 Å². The molecule has 0 saturated carbocycles. The van der Waals surface area contributed by atoms with Crippen LogP contribution in [0.5, 0.6) is 0 Å². The molecular weight excluding hydrogens is 330 g/mol. The summed E-state index contributed by atoms with van der Waals surface area (Å²) in [6, 6.07) is 7.73. The summed E-state index contributed by atoms with van der Waals surface area (Å²) in [6.45, 7) is 4.34. The number of carbonyl (C=O) groups is 2. The van der Waals surface area contributed by atoms with Gasteiger partial charge >= 0.3 is 5.97 Å². The number of aliphatic carboxylic acids is 1. The van der Waals surface area contributed by atoms with Crippen molar-refractivity contribution in [1.29, 1.82) is 0 Å². The van der Waals surface area contributed by atoms with Gasteiger partial charge in [-0.2, -0.15) is 5.10 Å². The third-order valence-electron chi connectivity index (χ3n) is 5.81. The van der Waals surface area contributed by atoms with Gasteiger partial charge in [-0.25, -0.2) is 4.68 Å². The van der Waals surface area contributed by atoms with E-state index in [1.807, 2.05) is 42.8 Å². The van der Waals surface area contributed by atoms with Crippen molar-refractivity contribution in [3.8, 4) is 5.69 Å². The van der Waals surface area contributed by atoms with E-state index in [2.05, 4.69) is 5.10 Å². The van der Waals surface area contributed by atoms with Gasteiger partial charge in [-0.3, -0.25) is 9.59 Å². The van der Waals surface area contributed by atoms with Gasteiger partial charge in [0, 0.05) is 23.8 Å². The van der Waals surface area contributed by atoms with E-state index < -0.39 is 11.9 Å². The number of carboxylic acid groups (broad SMARTS) is 1. The molecule has 1 aromatic carbocycles. The molecular formula is C20H23N3O3. The summed E-state index contributed by atoms with van der Waals surface area (Å²) < 4.78 is 1.92. The summed E-state index contributed by atoms with van der Waals surface area (Å²) in [6.07, 6.45) is 3.29. The number of rotatable bonds is 3. The number of carboxylic acids is 1. The lowest BCUT2D eigenvalue weighted by atomic mass is 10.0. The van der Waals surface area contributed by atoms with Gasteiger partial charge in [-0.05, 0) is 51.2 Å². The zero-order valence-corrected chi connectivity index (χ0v) is 15.1. The summed E-state index contributed by atoms with van der Waals surface area (Å²) in [5.41, 5.74) is 4.76. The monoisotopic (exact) mass is 353 g/mol. The van der Waals surface area contributed by atoms with Crippen LogP contribution in [0.15, 0.2) is 24.3 Å². The molecule has 136 valence electrons. The topological polar surface area (TPSA) is 75.4 Å². The van der Waals surface area contributed by atoms with Gasteiger partial charge in [0.05, 0.1) is 11.6 Å². The number of aromatic nitrogens is 2. The first kappa shape index (κ1) is 16.8. The van der Waals surface area contributed by atoms with Crippen molar-refractivity contribution in [2.24, 2.45) is 5.92 Å². The van der Waals surface area contributed by atoms with Crippen molar-refractivity contribution in [3.05, 3.63) is 46.8 Å². The number of para-hydroxylation sites is 1. The fourth-order valence-electron chi connectivity index (χ4n) is 4.30. The molecule has 1 N–H and O–H groups in total. The van der Waals surface area contributed by atoms with Crippen LogP contribution in [0, 0.1) is 12.8 Å². The number of benzene rings is 1. The largest absolute Gasteiger partial charge is 0.481 e. The normalized spacial score (nSPS) is 21.8. The van der Waals surface area contributed by atoms with Gasteiger partial charge in [-0.1, -0.05) is 18.2 Å². The number of hydrogen-bond donors (Lipinski definition) is 1. The van der Waals surface area contributed by atoms with Crippen LogP contribution in [-0.4, -0.2) is 44.3 Å². The summed E-state index contributed by atoms with van der Waals surface area (Å²) >= 11 is 0. The Morgan fingerprint density at radius 1 is 1.23 bits per heavy atom. The Hall–Kier alpha value is -2.63. The maximum atomic E-state index is 13.2. The Kier molecular flexibility index (Phi) is 4.05. The molecule has 0 spiro atoms.